The van der Waals surface area contributed by atoms with E-state index in [4.69, 9.17) is 4.74 Å². The van der Waals surface area contributed by atoms with E-state index >= 15 is 0 Å². The van der Waals surface area contributed by atoms with Crippen molar-refractivity contribution in [3.8, 4) is 11.5 Å². The first-order valence-corrected chi connectivity index (χ1v) is 8.07. The number of carbonyl (C=O) groups excluding carboxylic acids is 1. The van der Waals surface area contributed by atoms with E-state index in [2.05, 4.69) is 0 Å². The maximum absolute atomic E-state index is 13.6. The number of aromatic nitrogens is 1. The quantitative estimate of drug-likeness (QED) is 0.708. The Hall–Kier alpha value is -3.34. The summed E-state index contributed by atoms with van der Waals surface area (Å²) in [5, 5.41) is 9.82. The molecule has 1 aromatic heterocycles. The van der Waals surface area contributed by atoms with E-state index in [9.17, 15) is 14.3 Å². The zero-order valence-electron chi connectivity index (χ0n) is 14.4. The SMILES string of the molecule is Cc1cc(/C=C/c2ccn(C(=O)Oc3ccccc3F)c2)cc(C)c1O. The normalized spacial score (nSPS) is 11.0. The van der Waals surface area contributed by atoms with Crippen molar-refractivity contribution in [1.29, 1.82) is 0 Å². The lowest BCUT2D eigenvalue weighted by molar-refractivity contribution is 0.200. The van der Waals surface area contributed by atoms with Crippen LogP contribution in [0.5, 0.6) is 11.5 Å². The van der Waals surface area contributed by atoms with Crippen LogP contribution in [0.2, 0.25) is 0 Å². The fourth-order valence-corrected chi connectivity index (χ4v) is 2.58. The van der Waals surface area contributed by atoms with Crippen LogP contribution in [0.3, 0.4) is 0 Å². The molecule has 1 N–H and O–H groups in total. The molecular formula is C21H18FNO3. The number of phenolic OH excluding ortho intramolecular Hbond substituents is 1. The molecule has 4 nitrogen and oxygen atoms in total. The minimum atomic E-state index is -0.689. The van der Waals surface area contributed by atoms with E-state index in [1.54, 1.807) is 24.5 Å². The minimum absolute atomic E-state index is 0.113. The fraction of sp³-hybridized carbons (Fsp3) is 0.0952. The van der Waals surface area contributed by atoms with Crippen molar-refractivity contribution in [3.63, 3.8) is 0 Å². The summed E-state index contributed by atoms with van der Waals surface area (Å²) in [6, 6.07) is 11.3. The van der Waals surface area contributed by atoms with Crippen molar-refractivity contribution in [2.75, 3.05) is 0 Å². The van der Waals surface area contributed by atoms with Gasteiger partial charge in [0.1, 0.15) is 5.75 Å². The Kier molecular flexibility index (Phi) is 4.89. The van der Waals surface area contributed by atoms with Gasteiger partial charge in [0.15, 0.2) is 11.6 Å². The maximum Gasteiger partial charge on any atom is 0.423 e. The number of phenols is 1. The molecule has 0 bridgehead atoms. The lowest BCUT2D eigenvalue weighted by atomic mass is 10.1. The molecule has 2 aromatic carbocycles. The van der Waals surface area contributed by atoms with Gasteiger partial charge in [-0.25, -0.2) is 9.18 Å². The minimum Gasteiger partial charge on any atom is -0.507 e. The first kappa shape index (κ1) is 17.5. The molecule has 0 aliphatic carbocycles. The molecule has 0 fully saturated rings. The Balaban J connectivity index is 1.73. The summed E-state index contributed by atoms with van der Waals surface area (Å²) < 4.78 is 19.9. The van der Waals surface area contributed by atoms with Crippen molar-refractivity contribution < 1.29 is 19.0 Å². The molecule has 0 aliphatic rings. The number of para-hydroxylation sites is 1. The van der Waals surface area contributed by atoms with Crippen LogP contribution in [0.25, 0.3) is 12.2 Å². The molecule has 0 saturated carbocycles. The van der Waals surface area contributed by atoms with Crippen LogP contribution < -0.4 is 4.74 Å². The van der Waals surface area contributed by atoms with Gasteiger partial charge in [0, 0.05) is 12.4 Å². The number of aromatic hydroxyl groups is 1. The largest absolute Gasteiger partial charge is 0.507 e. The second-order valence-corrected chi connectivity index (χ2v) is 5.99. The van der Waals surface area contributed by atoms with E-state index in [0.717, 1.165) is 22.3 Å². The highest BCUT2D eigenvalue weighted by atomic mass is 19.1. The maximum atomic E-state index is 13.6. The number of hydrogen-bond donors (Lipinski definition) is 1. The first-order chi connectivity index (χ1) is 12.4. The first-order valence-electron chi connectivity index (χ1n) is 8.07. The summed E-state index contributed by atoms with van der Waals surface area (Å²) in [5.41, 5.74) is 3.34. The smallest absolute Gasteiger partial charge is 0.423 e. The van der Waals surface area contributed by atoms with Crippen molar-refractivity contribution in [3.05, 3.63) is 82.9 Å². The topological polar surface area (TPSA) is 51.5 Å². The Morgan fingerprint density at radius 1 is 1.08 bits per heavy atom. The molecule has 0 saturated heterocycles. The average Bonchev–Trinajstić information content (AvgIpc) is 3.09. The van der Waals surface area contributed by atoms with Gasteiger partial charge in [0.25, 0.3) is 0 Å². The van der Waals surface area contributed by atoms with Crippen molar-refractivity contribution in [2.24, 2.45) is 0 Å². The predicted octanol–water partition coefficient (Wildman–Crippen LogP) is 5.17. The molecule has 0 amide bonds. The zero-order valence-corrected chi connectivity index (χ0v) is 14.4. The van der Waals surface area contributed by atoms with Crippen molar-refractivity contribution in [2.45, 2.75) is 13.8 Å². The number of hydrogen-bond acceptors (Lipinski definition) is 3. The number of halogens is 1. The zero-order chi connectivity index (χ0) is 18.7. The second kappa shape index (κ2) is 7.27. The number of nitrogens with zero attached hydrogens (tertiary/aromatic N) is 1. The van der Waals surface area contributed by atoms with E-state index in [1.165, 1.54) is 22.8 Å². The highest BCUT2D eigenvalue weighted by Gasteiger charge is 2.10. The monoisotopic (exact) mass is 351 g/mol. The number of benzene rings is 2. The lowest BCUT2D eigenvalue weighted by Crippen LogP contribution is -2.15. The Morgan fingerprint density at radius 2 is 1.73 bits per heavy atom. The summed E-state index contributed by atoms with van der Waals surface area (Å²) in [6.45, 7) is 3.68. The Morgan fingerprint density at radius 3 is 2.42 bits per heavy atom. The van der Waals surface area contributed by atoms with Gasteiger partial charge in [-0.1, -0.05) is 24.3 Å². The van der Waals surface area contributed by atoms with Crippen molar-refractivity contribution in [1.82, 2.24) is 4.57 Å². The number of ether oxygens (including phenoxy) is 1. The Bertz CT molecular complexity index is 965. The predicted molar refractivity (Wildman–Crippen MR) is 98.8 cm³/mol. The molecule has 0 radical (unpaired) electrons. The number of carbonyl (C=O) groups is 1. The third-order valence-corrected chi connectivity index (χ3v) is 3.94. The molecule has 132 valence electrons. The van der Waals surface area contributed by atoms with Gasteiger partial charge in [0.05, 0.1) is 0 Å². The third-order valence-electron chi connectivity index (χ3n) is 3.94. The molecular weight excluding hydrogens is 333 g/mol. The van der Waals surface area contributed by atoms with Gasteiger partial charge in [-0.3, -0.25) is 4.57 Å². The molecule has 3 rings (SSSR count). The lowest BCUT2D eigenvalue weighted by Gasteiger charge is -2.05. The molecule has 3 aromatic rings. The van der Waals surface area contributed by atoms with Crippen LogP contribution in [0.15, 0.2) is 54.9 Å². The fourth-order valence-electron chi connectivity index (χ4n) is 2.58. The molecule has 5 heteroatoms. The van der Waals surface area contributed by atoms with Gasteiger partial charge in [-0.15, -0.1) is 0 Å². The van der Waals surface area contributed by atoms with Crippen LogP contribution in [-0.4, -0.2) is 15.8 Å². The molecule has 26 heavy (non-hydrogen) atoms. The van der Waals surface area contributed by atoms with Crippen LogP contribution >= 0.6 is 0 Å². The number of aryl methyl sites for hydroxylation is 2. The standard InChI is InChI=1S/C21H18FNO3/c1-14-11-17(12-15(2)20(14)24)8-7-16-9-10-23(13-16)21(25)26-19-6-4-3-5-18(19)22/h3-13,24H,1-2H3/b8-7+. The summed E-state index contributed by atoms with van der Waals surface area (Å²) in [5.74, 6) is -0.409. The highest BCUT2D eigenvalue weighted by Crippen LogP contribution is 2.24. The molecule has 1 heterocycles. The van der Waals surface area contributed by atoms with Crippen LogP contribution in [0, 0.1) is 19.7 Å². The van der Waals surface area contributed by atoms with E-state index in [-0.39, 0.29) is 5.75 Å². The molecule has 0 aliphatic heterocycles. The van der Waals surface area contributed by atoms with E-state index in [1.807, 2.05) is 38.1 Å². The van der Waals surface area contributed by atoms with Gasteiger partial charge < -0.3 is 9.84 Å². The molecule has 0 unspecified atom stereocenters. The summed E-state index contributed by atoms with van der Waals surface area (Å²) in [6.07, 6.45) is 6.20. The third kappa shape index (κ3) is 3.83. The summed E-state index contributed by atoms with van der Waals surface area (Å²) in [7, 11) is 0. The van der Waals surface area contributed by atoms with Crippen molar-refractivity contribution >= 4 is 18.2 Å². The highest BCUT2D eigenvalue weighted by molar-refractivity contribution is 5.76. The number of rotatable bonds is 3. The van der Waals surface area contributed by atoms with Gasteiger partial charge >= 0.3 is 6.09 Å². The van der Waals surface area contributed by atoms with Gasteiger partial charge in [-0.05, 0) is 66.4 Å². The van der Waals surface area contributed by atoms with Crippen LogP contribution in [0.1, 0.15) is 22.3 Å². The second-order valence-electron chi connectivity index (χ2n) is 5.99. The summed E-state index contributed by atoms with van der Waals surface area (Å²) in [4.78, 5) is 12.1. The molecule has 0 spiro atoms. The van der Waals surface area contributed by atoms with Gasteiger partial charge in [0.2, 0.25) is 0 Å². The van der Waals surface area contributed by atoms with Crippen LogP contribution in [0.4, 0.5) is 9.18 Å². The average molecular weight is 351 g/mol. The van der Waals surface area contributed by atoms with Crippen LogP contribution in [-0.2, 0) is 0 Å². The Labute approximate surface area is 150 Å². The van der Waals surface area contributed by atoms with Gasteiger partial charge in [-0.2, -0.15) is 0 Å². The summed E-state index contributed by atoms with van der Waals surface area (Å²) >= 11 is 0. The molecule has 0 atom stereocenters. The van der Waals surface area contributed by atoms with E-state index in [0.29, 0.717) is 5.75 Å². The van der Waals surface area contributed by atoms with E-state index < -0.39 is 11.9 Å².